The van der Waals surface area contributed by atoms with E-state index in [4.69, 9.17) is 0 Å². The van der Waals surface area contributed by atoms with E-state index in [0.29, 0.717) is 10.9 Å². The van der Waals surface area contributed by atoms with Gasteiger partial charge in [-0.05, 0) is 61.1 Å². The van der Waals surface area contributed by atoms with E-state index in [-0.39, 0.29) is 5.91 Å². The Hall–Kier alpha value is -2.15. The number of carbonyl (C=O) groups is 1. The molecule has 1 aromatic carbocycles. The molecule has 7 heteroatoms. The molecule has 3 rings (SSSR count). The highest BCUT2D eigenvalue weighted by atomic mass is 32.2. The van der Waals surface area contributed by atoms with Crippen molar-refractivity contribution in [3.05, 3.63) is 41.6 Å². The summed E-state index contributed by atoms with van der Waals surface area (Å²) >= 11 is 1.39. The van der Waals surface area contributed by atoms with E-state index in [2.05, 4.69) is 28.5 Å². The van der Waals surface area contributed by atoms with E-state index in [1.54, 1.807) is 4.68 Å². The van der Waals surface area contributed by atoms with Crippen LogP contribution in [0.3, 0.4) is 0 Å². The van der Waals surface area contributed by atoms with Crippen LogP contribution in [0.1, 0.15) is 44.6 Å². The van der Waals surface area contributed by atoms with Gasteiger partial charge in [-0.25, -0.2) is 0 Å². The summed E-state index contributed by atoms with van der Waals surface area (Å²) in [7, 11) is 0. The van der Waals surface area contributed by atoms with Crippen molar-refractivity contribution in [3.8, 4) is 5.69 Å². The number of hydrogen-bond acceptors (Lipinski definition) is 5. The van der Waals surface area contributed by atoms with Crippen LogP contribution in [0, 0.1) is 6.92 Å². The second kappa shape index (κ2) is 8.98. The summed E-state index contributed by atoms with van der Waals surface area (Å²) in [6.45, 7) is 4.90. The number of nitrogens with zero attached hydrogens (tertiary/aromatic N) is 5. The Morgan fingerprint density at radius 2 is 2.15 bits per heavy atom. The number of rotatable bonds is 7. The standard InChI is InChI=1S/C19H25N5OS/c1-3-13-23(16-10-5-4-6-11-16)18(25)14-26-19-20-21-22-24(19)17-12-8-7-9-15(17)2/h7-10,12H,3-6,11,13-14H2,1-2H3. The Kier molecular flexibility index (Phi) is 6.44. The summed E-state index contributed by atoms with van der Waals surface area (Å²) in [6, 6.07) is 7.95. The molecule has 0 spiro atoms. The average molecular weight is 372 g/mol. The van der Waals surface area contributed by atoms with E-state index in [0.717, 1.165) is 43.5 Å². The second-order valence-corrected chi connectivity index (χ2v) is 7.38. The number of benzene rings is 1. The van der Waals surface area contributed by atoms with Crippen molar-refractivity contribution in [1.82, 2.24) is 25.1 Å². The Labute approximate surface area is 158 Å². The molecule has 1 aliphatic rings. The highest BCUT2D eigenvalue weighted by Gasteiger charge is 2.20. The summed E-state index contributed by atoms with van der Waals surface area (Å²) in [4.78, 5) is 14.8. The first kappa shape index (κ1) is 18.6. The number of amides is 1. The van der Waals surface area contributed by atoms with Crippen LogP contribution >= 0.6 is 11.8 Å². The Bertz CT molecular complexity index is 786. The second-order valence-electron chi connectivity index (χ2n) is 6.44. The van der Waals surface area contributed by atoms with E-state index >= 15 is 0 Å². The third kappa shape index (κ3) is 4.33. The molecule has 0 saturated heterocycles. The van der Waals surface area contributed by atoms with Gasteiger partial charge >= 0.3 is 0 Å². The first-order valence-corrected chi connectivity index (χ1v) is 10.2. The minimum atomic E-state index is 0.129. The quantitative estimate of drug-likeness (QED) is 0.694. The van der Waals surface area contributed by atoms with Gasteiger partial charge in [-0.15, -0.1) is 5.10 Å². The lowest BCUT2D eigenvalue weighted by Gasteiger charge is -2.27. The van der Waals surface area contributed by atoms with Gasteiger partial charge in [0.05, 0.1) is 11.4 Å². The van der Waals surface area contributed by atoms with Gasteiger partial charge in [0.2, 0.25) is 11.1 Å². The zero-order valence-corrected chi connectivity index (χ0v) is 16.2. The minimum Gasteiger partial charge on any atom is -0.316 e. The summed E-state index contributed by atoms with van der Waals surface area (Å²) in [6.07, 6.45) is 7.63. The SMILES string of the molecule is CCCN(C(=O)CSc1nnnn1-c1ccccc1C)C1=CCCCC1. The molecule has 0 aliphatic heterocycles. The highest BCUT2D eigenvalue weighted by Crippen LogP contribution is 2.24. The van der Waals surface area contributed by atoms with Crippen molar-refractivity contribution in [1.29, 1.82) is 0 Å². The lowest BCUT2D eigenvalue weighted by atomic mass is 10.0. The third-order valence-corrected chi connectivity index (χ3v) is 5.38. The highest BCUT2D eigenvalue weighted by molar-refractivity contribution is 7.99. The summed E-state index contributed by atoms with van der Waals surface area (Å²) in [5, 5.41) is 12.6. The van der Waals surface area contributed by atoms with Crippen LogP contribution in [0.2, 0.25) is 0 Å². The molecule has 0 radical (unpaired) electrons. The first-order chi connectivity index (χ1) is 12.7. The maximum absolute atomic E-state index is 12.8. The summed E-state index contributed by atoms with van der Waals surface area (Å²) in [5.74, 6) is 0.466. The van der Waals surface area contributed by atoms with Crippen molar-refractivity contribution in [2.45, 2.75) is 51.1 Å². The number of aromatic nitrogens is 4. The Morgan fingerprint density at radius 3 is 2.88 bits per heavy atom. The fourth-order valence-electron chi connectivity index (χ4n) is 3.14. The van der Waals surface area contributed by atoms with Crippen LogP contribution in [0.15, 0.2) is 41.2 Å². The molecule has 1 aliphatic carbocycles. The molecule has 1 aromatic heterocycles. The van der Waals surface area contributed by atoms with Gasteiger partial charge in [-0.2, -0.15) is 4.68 Å². The molecule has 1 amide bonds. The lowest BCUT2D eigenvalue weighted by Crippen LogP contribution is -2.33. The maximum atomic E-state index is 12.8. The van der Waals surface area contributed by atoms with Crippen LogP contribution in [-0.2, 0) is 4.79 Å². The van der Waals surface area contributed by atoms with Crippen molar-refractivity contribution >= 4 is 17.7 Å². The molecule has 0 N–H and O–H groups in total. The topological polar surface area (TPSA) is 63.9 Å². The van der Waals surface area contributed by atoms with E-state index in [1.807, 2.05) is 36.1 Å². The normalized spacial score (nSPS) is 14.2. The number of para-hydroxylation sites is 1. The van der Waals surface area contributed by atoms with E-state index < -0.39 is 0 Å². The van der Waals surface area contributed by atoms with Crippen molar-refractivity contribution in [2.75, 3.05) is 12.3 Å². The first-order valence-electron chi connectivity index (χ1n) is 9.17. The van der Waals surface area contributed by atoms with Crippen molar-refractivity contribution in [2.24, 2.45) is 0 Å². The molecule has 0 unspecified atom stereocenters. The van der Waals surface area contributed by atoms with Gasteiger partial charge in [-0.3, -0.25) is 4.79 Å². The largest absolute Gasteiger partial charge is 0.316 e. The Morgan fingerprint density at radius 1 is 1.31 bits per heavy atom. The number of allylic oxidation sites excluding steroid dienone is 2. The average Bonchev–Trinajstić information content (AvgIpc) is 3.13. The number of thioether (sulfide) groups is 1. The monoisotopic (exact) mass is 371 g/mol. The number of carbonyl (C=O) groups excluding carboxylic acids is 1. The number of aryl methyl sites for hydroxylation is 1. The van der Waals surface area contributed by atoms with Crippen LogP contribution in [0.4, 0.5) is 0 Å². The molecule has 0 atom stereocenters. The van der Waals surface area contributed by atoms with Gasteiger partial charge in [0, 0.05) is 12.2 Å². The van der Waals surface area contributed by atoms with Crippen LogP contribution in [0.25, 0.3) is 5.69 Å². The van der Waals surface area contributed by atoms with Gasteiger partial charge in [0.15, 0.2) is 0 Å². The smallest absolute Gasteiger partial charge is 0.237 e. The molecular formula is C19H25N5OS. The van der Waals surface area contributed by atoms with Crippen LogP contribution in [0.5, 0.6) is 0 Å². The van der Waals surface area contributed by atoms with E-state index in [9.17, 15) is 4.79 Å². The van der Waals surface area contributed by atoms with Gasteiger partial charge in [0.25, 0.3) is 0 Å². The van der Waals surface area contributed by atoms with Crippen LogP contribution in [-0.4, -0.2) is 43.3 Å². The lowest BCUT2D eigenvalue weighted by molar-refractivity contribution is -0.126. The van der Waals surface area contributed by atoms with E-state index in [1.165, 1.54) is 23.9 Å². The summed E-state index contributed by atoms with van der Waals surface area (Å²) < 4.78 is 1.71. The predicted molar refractivity (Wildman–Crippen MR) is 103 cm³/mol. The molecule has 0 bridgehead atoms. The molecular weight excluding hydrogens is 346 g/mol. The van der Waals surface area contributed by atoms with Gasteiger partial charge in [-0.1, -0.05) is 43.0 Å². The molecule has 1 heterocycles. The molecule has 0 fully saturated rings. The molecule has 6 nitrogen and oxygen atoms in total. The maximum Gasteiger partial charge on any atom is 0.237 e. The zero-order chi connectivity index (χ0) is 18.4. The third-order valence-electron chi connectivity index (χ3n) is 4.47. The molecule has 2 aromatic rings. The minimum absolute atomic E-state index is 0.129. The van der Waals surface area contributed by atoms with Crippen molar-refractivity contribution < 1.29 is 4.79 Å². The number of tetrazole rings is 1. The predicted octanol–water partition coefficient (Wildman–Crippen LogP) is 3.76. The number of hydrogen-bond donors (Lipinski definition) is 0. The van der Waals surface area contributed by atoms with Crippen molar-refractivity contribution in [3.63, 3.8) is 0 Å². The fraction of sp³-hybridized carbons (Fsp3) is 0.474. The zero-order valence-electron chi connectivity index (χ0n) is 15.4. The van der Waals surface area contributed by atoms with Gasteiger partial charge in [0.1, 0.15) is 0 Å². The Balaban J connectivity index is 1.70. The molecule has 26 heavy (non-hydrogen) atoms. The van der Waals surface area contributed by atoms with Gasteiger partial charge < -0.3 is 4.90 Å². The fourth-order valence-corrected chi connectivity index (χ4v) is 3.90. The summed E-state index contributed by atoms with van der Waals surface area (Å²) in [5.41, 5.74) is 3.21. The molecule has 138 valence electrons. The molecule has 0 saturated carbocycles. The van der Waals surface area contributed by atoms with Crippen LogP contribution < -0.4 is 0 Å².